The number of aliphatic imine (C=N–C) groups is 1. The molecule has 0 atom stereocenters. The average Bonchev–Trinajstić information content (AvgIpc) is 3.08. The van der Waals surface area contributed by atoms with Gasteiger partial charge in [0, 0.05) is 37.6 Å². The summed E-state index contributed by atoms with van der Waals surface area (Å²) in [6.07, 6.45) is 0. The summed E-state index contributed by atoms with van der Waals surface area (Å²) in [4.78, 5) is 20.8. The molecule has 0 aliphatic rings. The molecule has 29 heavy (non-hydrogen) atoms. The number of aryl methyl sites for hydroxylation is 1. The van der Waals surface area contributed by atoms with Crippen LogP contribution in [0.1, 0.15) is 17.6 Å². The molecular formula is C17H24N6O4S2. The summed E-state index contributed by atoms with van der Waals surface area (Å²) >= 11 is 1.58. The van der Waals surface area contributed by atoms with E-state index in [4.69, 9.17) is 0 Å². The van der Waals surface area contributed by atoms with Crippen molar-refractivity contribution in [1.82, 2.24) is 19.9 Å². The summed E-state index contributed by atoms with van der Waals surface area (Å²) in [6, 6.07) is 4.92. The molecule has 2 rings (SSSR count). The molecule has 0 aliphatic carbocycles. The van der Waals surface area contributed by atoms with Crippen molar-refractivity contribution in [2.75, 3.05) is 26.7 Å². The molecule has 2 aromatic rings. The number of aromatic nitrogens is 1. The van der Waals surface area contributed by atoms with Crippen molar-refractivity contribution in [3.05, 3.63) is 50.5 Å². The highest BCUT2D eigenvalue weighted by Gasteiger charge is 2.17. The summed E-state index contributed by atoms with van der Waals surface area (Å²) in [5, 5.41) is 17.0. The quantitative estimate of drug-likeness (QED) is 0.200. The molecular weight excluding hydrogens is 416 g/mol. The summed E-state index contributed by atoms with van der Waals surface area (Å²) in [5.41, 5.74) is 0.659. The molecule has 1 heterocycles. The number of nitrogens with one attached hydrogen (secondary N) is 2. The Kier molecular flexibility index (Phi) is 8.05. The van der Waals surface area contributed by atoms with Gasteiger partial charge in [-0.2, -0.15) is 0 Å². The fourth-order valence-electron chi connectivity index (χ4n) is 2.46. The first-order valence-corrected chi connectivity index (χ1v) is 11.2. The molecule has 12 heteroatoms. The minimum absolute atomic E-state index is 0.0591. The zero-order valence-electron chi connectivity index (χ0n) is 16.5. The number of hydrogen-bond donors (Lipinski definition) is 2. The maximum Gasteiger partial charge on any atom is 0.270 e. The zero-order chi connectivity index (χ0) is 21.4. The van der Waals surface area contributed by atoms with Gasteiger partial charge in [0.25, 0.3) is 5.69 Å². The monoisotopic (exact) mass is 440 g/mol. The predicted molar refractivity (Wildman–Crippen MR) is 113 cm³/mol. The minimum atomic E-state index is -3.86. The second kappa shape index (κ2) is 10.3. The number of hydrogen-bond acceptors (Lipinski definition) is 7. The van der Waals surface area contributed by atoms with E-state index in [9.17, 15) is 18.5 Å². The largest absolute Gasteiger partial charge is 0.357 e. The Morgan fingerprint density at radius 1 is 1.41 bits per heavy atom. The highest BCUT2D eigenvalue weighted by molar-refractivity contribution is 7.89. The molecule has 0 amide bonds. The smallest absolute Gasteiger partial charge is 0.270 e. The molecule has 0 aliphatic heterocycles. The van der Waals surface area contributed by atoms with Crippen LogP contribution in [0.3, 0.4) is 0 Å². The van der Waals surface area contributed by atoms with Crippen LogP contribution in [0, 0.1) is 17.0 Å². The Morgan fingerprint density at radius 2 is 2.17 bits per heavy atom. The number of benzene rings is 1. The molecule has 0 unspecified atom stereocenters. The van der Waals surface area contributed by atoms with E-state index < -0.39 is 14.9 Å². The fourth-order valence-corrected chi connectivity index (χ4v) is 4.12. The second-order valence-corrected chi connectivity index (χ2v) is 8.93. The van der Waals surface area contributed by atoms with Gasteiger partial charge in [0.05, 0.1) is 33.6 Å². The Bertz CT molecular complexity index is 974. The minimum Gasteiger partial charge on any atom is -0.357 e. The second-order valence-electron chi connectivity index (χ2n) is 6.10. The molecule has 2 N–H and O–H groups in total. The predicted octanol–water partition coefficient (Wildman–Crippen LogP) is 1.74. The lowest BCUT2D eigenvalue weighted by Gasteiger charge is -2.21. The van der Waals surface area contributed by atoms with E-state index in [2.05, 4.69) is 20.0 Å². The van der Waals surface area contributed by atoms with Crippen LogP contribution in [-0.2, 0) is 16.6 Å². The Labute approximate surface area is 173 Å². The van der Waals surface area contributed by atoms with Crippen LogP contribution in [0.15, 0.2) is 39.5 Å². The normalized spacial score (nSPS) is 12.0. The highest BCUT2D eigenvalue weighted by atomic mass is 32.2. The van der Waals surface area contributed by atoms with Crippen molar-refractivity contribution in [2.24, 2.45) is 4.99 Å². The van der Waals surface area contributed by atoms with Gasteiger partial charge in [-0.3, -0.25) is 15.1 Å². The summed E-state index contributed by atoms with van der Waals surface area (Å²) < 4.78 is 27.1. The van der Waals surface area contributed by atoms with E-state index >= 15 is 0 Å². The van der Waals surface area contributed by atoms with Crippen molar-refractivity contribution < 1.29 is 13.3 Å². The summed E-state index contributed by atoms with van der Waals surface area (Å²) in [6.45, 7) is 5.40. The van der Waals surface area contributed by atoms with Crippen LogP contribution < -0.4 is 10.0 Å². The number of thiazole rings is 1. The SMILES string of the molecule is CCNC(=NCCNS(=O)(=O)c1cccc([N+](=O)[O-])c1)N(C)Cc1csc(C)n1. The number of nitro benzene ring substituents is 1. The van der Waals surface area contributed by atoms with Crippen molar-refractivity contribution in [3.63, 3.8) is 0 Å². The highest BCUT2D eigenvalue weighted by Crippen LogP contribution is 2.17. The maximum atomic E-state index is 12.3. The lowest BCUT2D eigenvalue weighted by Crippen LogP contribution is -2.39. The topological polar surface area (TPSA) is 130 Å². The van der Waals surface area contributed by atoms with Crippen molar-refractivity contribution in [2.45, 2.75) is 25.3 Å². The third-order valence-electron chi connectivity index (χ3n) is 3.77. The molecule has 0 bridgehead atoms. The standard InChI is InChI=1S/C17H24N6O4S2/c1-4-18-17(22(3)11-14-12-28-13(2)21-14)19-8-9-20-29(26,27)16-7-5-6-15(10-16)23(24)25/h5-7,10,12,20H,4,8-9,11H2,1-3H3,(H,18,19). The summed E-state index contributed by atoms with van der Waals surface area (Å²) in [5.74, 6) is 0.632. The van der Waals surface area contributed by atoms with Crippen LogP contribution in [0.4, 0.5) is 5.69 Å². The molecule has 158 valence electrons. The molecule has 0 saturated carbocycles. The van der Waals surface area contributed by atoms with E-state index in [-0.39, 0.29) is 23.7 Å². The van der Waals surface area contributed by atoms with Gasteiger partial charge in [0.1, 0.15) is 0 Å². The first-order valence-electron chi connectivity index (χ1n) is 8.87. The molecule has 1 aromatic heterocycles. The molecule has 1 aromatic carbocycles. The van der Waals surface area contributed by atoms with Crippen LogP contribution in [-0.4, -0.2) is 55.9 Å². The van der Waals surface area contributed by atoms with Gasteiger partial charge in [-0.1, -0.05) is 6.07 Å². The average molecular weight is 441 g/mol. The van der Waals surface area contributed by atoms with Gasteiger partial charge in [-0.15, -0.1) is 11.3 Å². The fraction of sp³-hybridized carbons (Fsp3) is 0.412. The van der Waals surface area contributed by atoms with Gasteiger partial charge in [0.2, 0.25) is 10.0 Å². The van der Waals surface area contributed by atoms with Crippen molar-refractivity contribution >= 4 is 33.0 Å². The third kappa shape index (κ3) is 6.76. The zero-order valence-corrected chi connectivity index (χ0v) is 18.1. The third-order valence-corrected chi connectivity index (χ3v) is 6.05. The number of nitro groups is 1. The molecule has 0 radical (unpaired) electrons. The number of nitrogens with zero attached hydrogens (tertiary/aromatic N) is 4. The number of guanidine groups is 1. The maximum absolute atomic E-state index is 12.3. The van der Waals surface area contributed by atoms with E-state index in [1.807, 2.05) is 31.2 Å². The summed E-state index contributed by atoms with van der Waals surface area (Å²) in [7, 11) is -1.98. The number of sulfonamides is 1. The molecule has 0 fully saturated rings. The van der Waals surface area contributed by atoms with E-state index in [0.29, 0.717) is 19.0 Å². The van der Waals surface area contributed by atoms with Gasteiger partial charge < -0.3 is 10.2 Å². The van der Waals surface area contributed by atoms with Gasteiger partial charge >= 0.3 is 0 Å². The number of non-ortho nitro benzene ring substituents is 1. The van der Waals surface area contributed by atoms with Gasteiger partial charge in [-0.05, 0) is 19.9 Å². The van der Waals surface area contributed by atoms with Crippen LogP contribution in [0.2, 0.25) is 0 Å². The van der Waals surface area contributed by atoms with Crippen LogP contribution >= 0.6 is 11.3 Å². The molecule has 0 saturated heterocycles. The first-order chi connectivity index (χ1) is 13.7. The Hall–Kier alpha value is -2.57. The van der Waals surface area contributed by atoms with E-state index in [1.54, 1.807) is 11.3 Å². The molecule has 0 spiro atoms. The van der Waals surface area contributed by atoms with E-state index in [1.165, 1.54) is 18.2 Å². The van der Waals surface area contributed by atoms with Crippen molar-refractivity contribution in [3.8, 4) is 0 Å². The first kappa shape index (κ1) is 22.7. The van der Waals surface area contributed by atoms with Crippen molar-refractivity contribution in [1.29, 1.82) is 0 Å². The lowest BCUT2D eigenvalue weighted by atomic mass is 10.3. The number of rotatable bonds is 9. The van der Waals surface area contributed by atoms with Crippen LogP contribution in [0.5, 0.6) is 0 Å². The molecule has 10 nitrogen and oxygen atoms in total. The lowest BCUT2D eigenvalue weighted by molar-refractivity contribution is -0.385. The Balaban J connectivity index is 1.97. The van der Waals surface area contributed by atoms with Gasteiger partial charge in [0.15, 0.2) is 5.96 Å². The van der Waals surface area contributed by atoms with E-state index in [0.717, 1.165) is 16.8 Å². The van der Waals surface area contributed by atoms with Crippen LogP contribution in [0.25, 0.3) is 0 Å². The Morgan fingerprint density at radius 3 is 2.79 bits per heavy atom. The van der Waals surface area contributed by atoms with Gasteiger partial charge in [-0.25, -0.2) is 18.1 Å².